The van der Waals surface area contributed by atoms with Gasteiger partial charge in [0.1, 0.15) is 0 Å². The van der Waals surface area contributed by atoms with E-state index < -0.39 is 0 Å². The summed E-state index contributed by atoms with van der Waals surface area (Å²) in [6.45, 7) is 5.12. The fourth-order valence-corrected chi connectivity index (χ4v) is 2.83. The van der Waals surface area contributed by atoms with Crippen LogP contribution in [0.4, 0.5) is 0 Å². The molecule has 2 aliphatic carbocycles. The first-order valence-electron chi connectivity index (χ1n) is 6.57. The first-order chi connectivity index (χ1) is 7.50. The SMILES string of the molecule is CC1CC1CNC(=O)C1CCCCC1(C)N.Cl. The van der Waals surface area contributed by atoms with Gasteiger partial charge in [-0.15, -0.1) is 12.4 Å². The Hall–Kier alpha value is -0.280. The molecule has 2 saturated carbocycles. The van der Waals surface area contributed by atoms with E-state index in [4.69, 9.17) is 5.73 Å². The Morgan fingerprint density at radius 1 is 1.47 bits per heavy atom. The maximum absolute atomic E-state index is 12.1. The number of halogens is 1. The van der Waals surface area contributed by atoms with Crippen LogP contribution in [0.25, 0.3) is 0 Å². The van der Waals surface area contributed by atoms with Crippen molar-refractivity contribution >= 4 is 18.3 Å². The van der Waals surface area contributed by atoms with Crippen LogP contribution in [0.15, 0.2) is 0 Å². The second-order valence-corrected chi connectivity index (χ2v) is 6.02. The van der Waals surface area contributed by atoms with Crippen LogP contribution >= 0.6 is 12.4 Å². The molecule has 2 rings (SSSR count). The maximum atomic E-state index is 12.1. The lowest BCUT2D eigenvalue weighted by atomic mass is 9.74. The van der Waals surface area contributed by atoms with Crippen LogP contribution in [0, 0.1) is 17.8 Å². The van der Waals surface area contributed by atoms with E-state index in [1.165, 1.54) is 6.42 Å². The fourth-order valence-electron chi connectivity index (χ4n) is 2.83. The minimum Gasteiger partial charge on any atom is -0.356 e. The Balaban J connectivity index is 0.00000144. The van der Waals surface area contributed by atoms with Gasteiger partial charge >= 0.3 is 0 Å². The Labute approximate surface area is 110 Å². The standard InChI is InChI=1S/C13H24N2O.ClH/c1-9-7-10(9)8-15-12(16)11-5-3-4-6-13(11,2)14;/h9-11H,3-8,14H2,1-2H3,(H,15,16);1H. The van der Waals surface area contributed by atoms with Gasteiger partial charge in [0, 0.05) is 12.1 Å². The second-order valence-electron chi connectivity index (χ2n) is 6.02. The molecular formula is C13H25ClN2O. The van der Waals surface area contributed by atoms with Gasteiger partial charge in [-0.3, -0.25) is 4.79 Å². The molecule has 4 unspecified atom stereocenters. The minimum absolute atomic E-state index is 0. The third-order valence-corrected chi connectivity index (χ3v) is 4.39. The molecule has 0 heterocycles. The average Bonchev–Trinajstić information content (AvgIpc) is 2.90. The molecule has 0 aromatic rings. The molecule has 4 heteroatoms. The summed E-state index contributed by atoms with van der Waals surface area (Å²) in [5.74, 6) is 1.73. The van der Waals surface area contributed by atoms with Crippen LogP contribution in [0.2, 0.25) is 0 Å². The zero-order valence-electron chi connectivity index (χ0n) is 10.9. The van der Waals surface area contributed by atoms with Gasteiger partial charge in [0.05, 0.1) is 5.92 Å². The van der Waals surface area contributed by atoms with Crippen LogP contribution in [0.3, 0.4) is 0 Å². The molecule has 0 aliphatic heterocycles. The molecule has 4 atom stereocenters. The molecule has 0 aromatic carbocycles. The van der Waals surface area contributed by atoms with E-state index in [2.05, 4.69) is 12.2 Å². The number of nitrogens with two attached hydrogens (primary N) is 1. The molecule has 0 saturated heterocycles. The van der Waals surface area contributed by atoms with Crippen molar-refractivity contribution in [3.05, 3.63) is 0 Å². The highest BCUT2D eigenvalue weighted by molar-refractivity contribution is 5.85. The quantitative estimate of drug-likeness (QED) is 0.817. The molecule has 3 N–H and O–H groups in total. The normalized spacial score (nSPS) is 40.3. The third-order valence-electron chi connectivity index (χ3n) is 4.39. The van der Waals surface area contributed by atoms with E-state index in [1.807, 2.05) is 6.92 Å². The lowest BCUT2D eigenvalue weighted by Crippen LogP contribution is -2.53. The summed E-state index contributed by atoms with van der Waals surface area (Å²) in [4.78, 5) is 12.1. The Morgan fingerprint density at radius 3 is 2.65 bits per heavy atom. The number of nitrogens with one attached hydrogen (secondary N) is 1. The fraction of sp³-hybridized carbons (Fsp3) is 0.923. The van der Waals surface area contributed by atoms with Gasteiger partial charge in [0.2, 0.25) is 5.91 Å². The molecule has 0 aromatic heterocycles. The molecule has 2 fully saturated rings. The minimum atomic E-state index is -0.294. The third kappa shape index (κ3) is 3.59. The predicted octanol–water partition coefficient (Wildman–Crippen LogP) is 2.09. The topological polar surface area (TPSA) is 55.1 Å². The molecule has 2 aliphatic rings. The van der Waals surface area contributed by atoms with Crippen molar-refractivity contribution < 1.29 is 4.79 Å². The number of amides is 1. The number of rotatable bonds is 3. The molecule has 17 heavy (non-hydrogen) atoms. The van der Waals surface area contributed by atoms with Crippen molar-refractivity contribution in [2.24, 2.45) is 23.5 Å². The van der Waals surface area contributed by atoms with Gasteiger partial charge in [-0.05, 0) is 38.0 Å². The molecule has 3 nitrogen and oxygen atoms in total. The molecule has 100 valence electrons. The number of carbonyl (C=O) groups is 1. The number of hydrogen-bond acceptors (Lipinski definition) is 2. The van der Waals surface area contributed by atoms with E-state index in [0.29, 0.717) is 0 Å². The highest BCUT2D eigenvalue weighted by atomic mass is 35.5. The van der Waals surface area contributed by atoms with Crippen molar-refractivity contribution in [2.75, 3.05) is 6.54 Å². The lowest BCUT2D eigenvalue weighted by molar-refractivity contribution is -0.128. The number of hydrogen-bond donors (Lipinski definition) is 2. The van der Waals surface area contributed by atoms with Crippen molar-refractivity contribution in [1.29, 1.82) is 0 Å². The van der Waals surface area contributed by atoms with Crippen LogP contribution in [-0.4, -0.2) is 18.0 Å². The second kappa shape index (κ2) is 5.57. The highest BCUT2D eigenvalue weighted by Gasteiger charge is 2.39. The van der Waals surface area contributed by atoms with E-state index in [9.17, 15) is 4.79 Å². The zero-order chi connectivity index (χ0) is 11.8. The van der Waals surface area contributed by atoms with Crippen molar-refractivity contribution in [3.63, 3.8) is 0 Å². The van der Waals surface area contributed by atoms with Gasteiger partial charge in [-0.2, -0.15) is 0 Å². The molecular weight excluding hydrogens is 236 g/mol. The summed E-state index contributed by atoms with van der Waals surface area (Å²) in [6.07, 6.45) is 5.51. The van der Waals surface area contributed by atoms with Gasteiger partial charge < -0.3 is 11.1 Å². The van der Waals surface area contributed by atoms with Crippen LogP contribution in [0.1, 0.15) is 46.0 Å². The molecule has 0 radical (unpaired) electrons. The van der Waals surface area contributed by atoms with Gasteiger partial charge in [-0.1, -0.05) is 19.8 Å². The first kappa shape index (κ1) is 14.8. The van der Waals surface area contributed by atoms with E-state index >= 15 is 0 Å². The lowest BCUT2D eigenvalue weighted by Gasteiger charge is -2.37. The molecule has 0 bridgehead atoms. The smallest absolute Gasteiger partial charge is 0.224 e. The molecule has 0 spiro atoms. The largest absolute Gasteiger partial charge is 0.356 e. The van der Waals surface area contributed by atoms with Gasteiger partial charge in [0.25, 0.3) is 0 Å². The van der Waals surface area contributed by atoms with Gasteiger partial charge in [-0.25, -0.2) is 0 Å². The van der Waals surface area contributed by atoms with E-state index in [0.717, 1.165) is 44.1 Å². The van der Waals surface area contributed by atoms with Crippen LogP contribution in [0.5, 0.6) is 0 Å². The summed E-state index contributed by atoms with van der Waals surface area (Å²) in [5, 5.41) is 3.08. The van der Waals surface area contributed by atoms with Crippen molar-refractivity contribution in [3.8, 4) is 0 Å². The van der Waals surface area contributed by atoms with E-state index in [1.54, 1.807) is 0 Å². The summed E-state index contributed by atoms with van der Waals surface area (Å²) in [7, 11) is 0. The van der Waals surface area contributed by atoms with Crippen molar-refractivity contribution in [2.45, 2.75) is 51.5 Å². The Kier molecular flexibility index (Phi) is 4.85. The van der Waals surface area contributed by atoms with Crippen molar-refractivity contribution in [1.82, 2.24) is 5.32 Å². The maximum Gasteiger partial charge on any atom is 0.224 e. The van der Waals surface area contributed by atoms with Crippen LogP contribution < -0.4 is 11.1 Å². The van der Waals surface area contributed by atoms with Crippen LogP contribution in [-0.2, 0) is 4.79 Å². The van der Waals surface area contributed by atoms with Gasteiger partial charge in [0.15, 0.2) is 0 Å². The first-order valence-corrected chi connectivity index (χ1v) is 6.57. The monoisotopic (exact) mass is 260 g/mol. The average molecular weight is 261 g/mol. The number of carbonyl (C=O) groups excluding carboxylic acids is 1. The zero-order valence-corrected chi connectivity index (χ0v) is 11.7. The Morgan fingerprint density at radius 2 is 2.12 bits per heavy atom. The predicted molar refractivity (Wildman–Crippen MR) is 72.1 cm³/mol. The van der Waals surface area contributed by atoms with E-state index in [-0.39, 0.29) is 29.8 Å². The summed E-state index contributed by atoms with van der Waals surface area (Å²) in [5.41, 5.74) is 5.92. The summed E-state index contributed by atoms with van der Waals surface area (Å²) >= 11 is 0. The highest BCUT2D eigenvalue weighted by Crippen LogP contribution is 2.37. The summed E-state index contributed by atoms with van der Waals surface area (Å²) < 4.78 is 0. The summed E-state index contributed by atoms with van der Waals surface area (Å²) in [6, 6.07) is 0. The molecule has 1 amide bonds. The Bertz CT molecular complexity index is 281.